The summed E-state index contributed by atoms with van der Waals surface area (Å²) in [5.41, 5.74) is 4.46. The van der Waals surface area contributed by atoms with E-state index in [0.29, 0.717) is 0 Å². The van der Waals surface area contributed by atoms with Crippen LogP contribution >= 0.6 is 0 Å². The van der Waals surface area contributed by atoms with Crippen LogP contribution in [0.1, 0.15) is 67.5 Å². The predicted molar refractivity (Wildman–Crippen MR) is 162 cm³/mol. The monoisotopic (exact) mass is 555 g/mol. The third-order valence-corrected chi connectivity index (χ3v) is 7.21. The van der Waals surface area contributed by atoms with E-state index in [4.69, 9.17) is 4.74 Å². The lowest BCUT2D eigenvalue weighted by atomic mass is 9.96. The summed E-state index contributed by atoms with van der Waals surface area (Å²) in [6.07, 6.45) is 1.17. The molecule has 7 heteroatoms. The number of hydrogen-bond acceptors (Lipinski definition) is 4. The maximum absolute atomic E-state index is 14.5. The Labute approximate surface area is 243 Å². The normalized spacial score (nSPS) is 14.5. The first-order valence-corrected chi connectivity index (χ1v) is 14.2. The number of carbonyl (C=O) groups excluding carboxylic acids is 3. The van der Waals surface area contributed by atoms with Crippen LogP contribution < -0.4 is 10.6 Å². The molecule has 1 saturated carbocycles. The van der Waals surface area contributed by atoms with E-state index in [0.717, 1.165) is 46.3 Å². The van der Waals surface area contributed by atoms with E-state index in [1.54, 1.807) is 25.7 Å². The fourth-order valence-electron chi connectivity index (χ4n) is 5.06. The van der Waals surface area contributed by atoms with E-state index in [-0.39, 0.29) is 24.3 Å². The molecule has 0 saturated heterocycles. The van der Waals surface area contributed by atoms with Gasteiger partial charge in [-0.1, -0.05) is 72.8 Å². The topological polar surface area (TPSA) is 87.7 Å². The summed E-state index contributed by atoms with van der Waals surface area (Å²) in [6, 6.07) is 21.2. The van der Waals surface area contributed by atoms with Crippen LogP contribution in [0.15, 0.2) is 72.8 Å². The van der Waals surface area contributed by atoms with Gasteiger partial charge in [0.05, 0.1) is 0 Å². The molecule has 3 amide bonds. The molecule has 0 spiro atoms. The van der Waals surface area contributed by atoms with Crippen molar-refractivity contribution in [2.45, 2.75) is 84.5 Å². The largest absolute Gasteiger partial charge is 0.444 e. The Morgan fingerprint density at radius 3 is 2.02 bits per heavy atom. The zero-order valence-corrected chi connectivity index (χ0v) is 24.9. The van der Waals surface area contributed by atoms with Crippen molar-refractivity contribution in [3.63, 3.8) is 0 Å². The van der Waals surface area contributed by atoms with Gasteiger partial charge in [0.1, 0.15) is 17.7 Å². The second kappa shape index (κ2) is 12.6. The number of nitrogens with one attached hydrogen (secondary N) is 2. The zero-order chi connectivity index (χ0) is 29.7. The maximum Gasteiger partial charge on any atom is 0.408 e. The number of para-hydroxylation sites is 1. The fourth-order valence-corrected chi connectivity index (χ4v) is 5.06. The minimum Gasteiger partial charge on any atom is -0.444 e. The fraction of sp³-hybridized carbons (Fsp3) is 0.382. The molecule has 1 aliphatic rings. The van der Waals surface area contributed by atoms with Crippen molar-refractivity contribution >= 4 is 23.6 Å². The van der Waals surface area contributed by atoms with Gasteiger partial charge in [0, 0.05) is 18.2 Å². The molecule has 1 aliphatic carbocycles. The number of rotatable bonds is 9. The lowest BCUT2D eigenvalue weighted by Gasteiger charge is -2.35. The van der Waals surface area contributed by atoms with Crippen molar-refractivity contribution in [3.8, 4) is 0 Å². The summed E-state index contributed by atoms with van der Waals surface area (Å²) in [7, 11) is 0. The van der Waals surface area contributed by atoms with Gasteiger partial charge in [-0.05, 0) is 82.2 Å². The number of nitrogens with zero attached hydrogens (tertiary/aromatic N) is 1. The Hall–Kier alpha value is -4.13. The average molecular weight is 556 g/mol. The summed E-state index contributed by atoms with van der Waals surface area (Å²) in [6.45, 7) is 11.2. The van der Waals surface area contributed by atoms with E-state index in [2.05, 4.69) is 10.6 Å². The van der Waals surface area contributed by atoms with Gasteiger partial charge in [0.25, 0.3) is 5.91 Å². The van der Waals surface area contributed by atoms with Crippen LogP contribution in [0.3, 0.4) is 0 Å². The SMILES string of the molecule is Cc1ccccc1C(C(=O)Nc1c(C)cccc1C)N(C(=O)C(Cc1ccccc1)NC(=O)OC(C)(C)C)C1CC1. The van der Waals surface area contributed by atoms with Crippen molar-refractivity contribution in [2.24, 2.45) is 0 Å². The molecule has 2 atom stereocenters. The molecule has 4 rings (SSSR count). The number of benzene rings is 3. The third kappa shape index (κ3) is 7.75. The smallest absolute Gasteiger partial charge is 0.408 e. The first kappa shape index (κ1) is 29.8. The Kier molecular flexibility index (Phi) is 9.16. The van der Waals surface area contributed by atoms with Gasteiger partial charge in [-0.15, -0.1) is 0 Å². The summed E-state index contributed by atoms with van der Waals surface area (Å²) < 4.78 is 5.53. The lowest BCUT2D eigenvalue weighted by molar-refractivity contribution is -0.141. The Morgan fingerprint density at radius 1 is 0.854 bits per heavy atom. The molecular formula is C34H41N3O4. The Balaban J connectivity index is 1.75. The van der Waals surface area contributed by atoms with Gasteiger partial charge >= 0.3 is 6.09 Å². The Bertz CT molecular complexity index is 1370. The molecule has 0 aliphatic heterocycles. The number of anilines is 1. The van der Waals surface area contributed by atoms with Crippen LogP contribution in [0.2, 0.25) is 0 Å². The molecule has 0 aromatic heterocycles. The lowest BCUT2D eigenvalue weighted by Crippen LogP contribution is -2.54. The zero-order valence-electron chi connectivity index (χ0n) is 24.9. The van der Waals surface area contributed by atoms with Crippen molar-refractivity contribution < 1.29 is 19.1 Å². The molecule has 0 heterocycles. The van der Waals surface area contributed by atoms with Crippen LogP contribution in [-0.4, -0.2) is 40.5 Å². The van der Waals surface area contributed by atoms with Crippen LogP contribution in [0, 0.1) is 20.8 Å². The molecule has 3 aromatic rings. The van der Waals surface area contributed by atoms with Crippen molar-refractivity contribution in [1.82, 2.24) is 10.2 Å². The van der Waals surface area contributed by atoms with E-state index in [9.17, 15) is 14.4 Å². The molecular weight excluding hydrogens is 514 g/mol. The van der Waals surface area contributed by atoms with E-state index in [1.807, 2.05) is 93.6 Å². The standard InChI is InChI=1S/C34H41N3O4/c1-22-13-10-11-18-27(22)30(31(38)36-29-23(2)14-12-15-24(29)3)37(26-19-20-26)32(39)28(21-25-16-8-7-9-17-25)35-33(40)41-34(4,5)6/h7-18,26,28,30H,19-21H2,1-6H3,(H,35,40)(H,36,38). The molecule has 216 valence electrons. The predicted octanol–water partition coefficient (Wildman–Crippen LogP) is 6.42. The summed E-state index contributed by atoms with van der Waals surface area (Å²) in [5, 5.41) is 5.97. The number of amides is 3. The van der Waals surface area contributed by atoms with E-state index >= 15 is 0 Å². The van der Waals surface area contributed by atoms with Gasteiger partial charge in [-0.25, -0.2) is 4.79 Å². The third-order valence-electron chi connectivity index (χ3n) is 7.21. The second-order valence-corrected chi connectivity index (χ2v) is 11.9. The van der Waals surface area contributed by atoms with Crippen LogP contribution in [0.5, 0.6) is 0 Å². The molecule has 2 unspecified atom stereocenters. The van der Waals surface area contributed by atoms with Gasteiger partial charge in [0.2, 0.25) is 5.91 Å². The first-order valence-electron chi connectivity index (χ1n) is 14.2. The van der Waals surface area contributed by atoms with Crippen LogP contribution in [0.4, 0.5) is 10.5 Å². The highest BCUT2D eigenvalue weighted by Gasteiger charge is 2.44. The second-order valence-electron chi connectivity index (χ2n) is 11.9. The van der Waals surface area contributed by atoms with Gasteiger partial charge in [0.15, 0.2) is 0 Å². The average Bonchev–Trinajstić information content (AvgIpc) is 3.74. The summed E-state index contributed by atoms with van der Waals surface area (Å²) in [5.74, 6) is -0.597. The number of ether oxygens (including phenoxy) is 1. The number of hydrogen-bond donors (Lipinski definition) is 2. The minimum absolute atomic E-state index is 0.116. The molecule has 0 bridgehead atoms. The van der Waals surface area contributed by atoms with Gasteiger partial charge < -0.3 is 20.3 Å². The van der Waals surface area contributed by atoms with Gasteiger partial charge in [-0.3, -0.25) is 9.59 Å². The highest BCUT2D eigenvalue weighted by Crippen LogP contribution is 2.37. The van der Waals surface area contributed by atoms with Crippen LogP contribution in [-0.2, 0) is 20.7 Å². The highest BCUT2D eigenvalue weighted by molar-refractivity contribution is 6.00. The quantitative estimate of drug-likeness (QED) is 0.319. The van der Waals surface area contributed by atoms with Crippen molar-refractivity contribution in [2.75, 3.05) is 5.32 Å². The minimum atomic E-state index is -0.924. The molecule has 0 radical (unpaired) electrons. The highest BCUT2D eigenvalue weighted by atomic mass is 16.6. The summed E-state index contributed by atoms with van der Waals surface area (Å²) >= 11 is 0. The molecule has 41 heavy (non-hydrogen) atoms. The Morgan fingerprint density at radius 2 is 1.44 bits per heavy atom. The molecule has 2 N–H and O–H groups in total. The first-order chi connectivity index (χ1) is 19.4. The number of carbonyl (C=O) groups is 3. The molecule has 7 nitrogen and oxygen atoms in total. The summed E-state index contributed by atoms with van der Waals surface area (Å²) in [4.78, 5) is 43.4. The van der Waals surface area contributed by atoms with E-state index in [1.165, 1.54) is 0 Å². The van der Waals surface area contributed by atoms with Crippen molar-refractivity contribution in [1.29, 1.82) is 0 Å². The van der Waals surface area contributed by atoms with Crippen molar-refractivity contribution in [3.05, 3.63) is 101 Å². The molecule has 3 aromatic carbocycles. The van der Waals surface area contributed by atoms with Crippen LogP contribution in [0.25, 0.3) is 0 Å². The molecule has 1 fully saturated rings. The number of aryl methyl sites for hydroxylation is 3. The van der Waals surface area contributed by atoms with E-state index < -0.39 is 23.8 Å². The van der Waals surface area contributed by atoms with Gasteiger partial charge in [-0.2, -0.15) is 0 Å². The number of alkyl carbamates (subject to hydrolysis) is 1. The maximum atomic E-state index is 14.5.